The fourth-order valence-corrected chi connectivity index (χ4v) is 4.30. The first kappa shape index (κ1) is 20.3. The molecule has 2 N–H and O–H groups in total. The van der Waals surface area contributed by atoms with E-state index in [1.165, 1.54) is 7.11 Å². The van der Waals surface area contributed by atoms with Crippen LogP contribution < -0.4 is 5.56 Å². The Morgan fingerprint density at radius 2 is 2.10 bits per heavy atom. The van der Waals surface area contributed by atoms with Gasteiger partial charge in [-0.05, 0) is 42.5 Å². The highest BCUT2D eigenvalue weighted by atomic mass is 16.5. The van der Waals surface area contributed by atoms with Gasteiger partial charge in [0.15, 0.2) is 0 Å². The molecule has 3 heterocycles. The van der Waals surface area contributed by atoms with Crippen LogP contribution >= 0.6 is 0 Å². The summed E-state index contributed by atoms with van der Waals surface area (Å²) in [7, 11) is 1.52. The number of fused-ring (bicyclic) bond motifs is 4. The first-order chi connectivity index (χ1) is 14.5. The molecule has 2 aromatic heterocycles. The SMILES string of the molecule is COCc1c(C(CCCO)CC(=O)O)cc2n(c1=O)Cc1cc3ccccc3nc1-2. The molecule has 30 heavy (non-hydrogen) atoms. The molecule has 0 spiro atoms. The molecule has 0 bridgehead atoms. The van der Waals surface area contributed by atoms with Crippen molar-refractivity contribution < 1.29 is 19.7 Å². The summed E-state index contributed by atoms with van der Waals surface area (Å²) in [6.07, 6.45) is 0.820. The fraction of sp³-hybridized carbons (Fsp3) is 0.348. The molecule has 1 unspecified atom stereocenters. The van der Waals surface area contributed by atoms with Crippen molar-refractivity contribution >= 4 is 16.9 Å². The molecule has 7 heteroatoms. The molecule has 4 rings (SSSR count). The van der Waals surface area contributed by atoms with E-state index in [9.17, 15) is 19.8 Å². The number of hydrogen-bond acceptors (Lipinski definition) is 5. The van der Waals surface area contributed by atoms with Gasteiger partial charge in [0.2, 0.25) is 0 Å². The monoisotopic (exact) mass is 408 g/mol. The largest absolute Gasteiger partial charge is 0.481 e. The van der Waals surface area contributed by atoms with Gasteiger partial charge in [0.05, 0.1) is 36.5 Å². The lowest BCUT2D eigenvalue weighted by Crippen LogP contribution is -2.26. The van der Waals surface area contributed by atoms with E-state index in [2.05, 4.69) is 6.07 Å². The molecule has 0 saturated heterocycles. The van der Waals surface area contributed by atoms with Crippen molar-refractivity contribution in [2.75, 3.05) is 13.7 Å². The Balaban J connectivity index is 1.90. The third-order valence-corrected chi connectivity index (χ3v) is 5.67. The van der Waals surface area contributed by atoms with E-state index in [4.69, 9.17) is 9.72 Å². The lowest BCUT2D eigenvalue weighted by molar-refractivity contribution is -0.137. The highest BCUT2D eigenvalue weighted by Crippen LogP contribution is 2.36. The number of aliphatic hydroxyl groups is 1. The number of aromatic nitrogens is 2. The molecule has 0 saturated carbocycles. The van der Waals surface area contributed by atoms with E-state index in [0.717, 1.165) is 22.2 Å². The highest BCUT2D eigenvalue weighted by Gasteiger charge is 2.28. The van der Waals surface area contributed by atoms with Crippen LogP contribution in [0.1, 0.15) is 41.9 Å². The minimum Gasteiger partial charge on any atom is -0.481 e. The van der Waals surface area contributed by atoms with E-state index < -0.39 is 5.97 Å². The van der Waals surface area contributed by atoms with Crippen LogP contribution in [0.2, 0.25) is 0 Å². The molecule has 1 aromatic carbocycles. The minimum atomic E-state index is -0.938. The van der Waals surface area contributed by atoms with Crippen LogP contribution in [0.5, 0.6) is 0 Å². The standard InChI is InChI=1S/C23H24N2O5/c1-30-13-18-17(14(6-4-8-26)10-21(27)28)11-20-22-16(12-25(20)23(18)29)9-15-5-2-3-7-19(15)24-22/h2-3,5,7,9,11,14,26H,4,6,8,10,12-13H2,1H3,(H,27,28). The van der Waals surface area contributed by atoms with Crippen molar-refractivity contribution in [1.82, 2.24) is 9.55 Å². The maximum atomic E-state index is 13.4. The first-order valence-corrected chi connectivity index (χ1v) is 10.0. The maximum Gasteiger partial charge on any atom is 0.303 e. The first-order valence-electron chi connectivity index (χ1n) is 10.0. The number of para-hydroxylation sites is 1. The Hall–Kier alpha value is -3.03. The normalized spacial score (nSPS) is 13.3. The third kappa shape index (κ3) is 3.62. The average molecular weight is 408 g/mol. The van der Waals surface area contributed by atoms with Gasteiger partial charge in [-0.3, -0.25) is 9.59 Å². The van der Waals surface area contributed by atoms with Gasteiger partial charge >= 0.3 is 5.97 Å². The molecular formula is C23H24N2O5. The van der Waals surface area contributed by atoms with Gasteiger partial charge in [-0.1, -0.05) is 18.2 Å². The summed E-state index contributed by atoms with van der Waals surface area (Å²) in [6.45, 7) is 0.504. The van der Waals surface area contributed by atoms with Gasteiger partial charge in [-0.25, -0.2) is 4.98 Å². The van der Waals surface area contributed by atoms with Gasteiger partial charge in [0.1, 0.15) is 0 Å². The van der Waals surface area contributed by atoms with E-state index in [0.29, 0.717) is 36.2 Å². The summed E-state index contributed by atoms with van der Waals surface area (Å²) in [5.41, 5.74) is 4.25. The number of methoxy groups -OCH3 is 1. The lowest BCUT2D eigenvalue weighted by Gasteiger charge is -2.20. The van der Waals surface area contributed by atoms with E-state index in [1.54, 1.807) is 4.57 Å². The smallest absolute Gasteiger partial charge is 0.303 e. The number of carbonyl (C=O) groups is 1. The van der Waals surface area contributed by atoms with Crippen molar-refractivity contribution in [3.05, 3.63) is 63.4 Å². The molecule has 156 valence electrons. The van der Waals surface area contributed by atoms with Crippen LogP contribution in [0.25, 0.3) is 22.3 Å². The van der Waals surface area contributed by atoms with Gasteiger partial charge < -0.3 is 19.5 Å². The number of benzene rings is 1. The van der Waals surface area contributed by atoms with Crippen LogP contribution in [0.15, 0.2) is 41.2 Å². The maximum absolute atomic E-state index is 13.4. The number of carboxylic acids is 1. The number of pyridine rings is 2. The highest BCUT2D eigenvalue weighted by molar-refractivity contribution is 5.84. The van der Waals surface area contributed by atoms with Crippen LogP contribution in [0.4, 0.5) is 0 Å². The Morgan fingerprint density at radius 1 is 1.30 bits per heavy atom. The summed E-state index contributed by atoms with van der Waals surface area (Å²) in [5.74, 6) is -1.32. The second-order valence-corrected chi connectivity index (χ2v) is 7.64. The van der Waals surface area contributed by atoms with Crippen molar-refractivity contribution in [2.24, 2.45) is 0 Å². The van der Waals surface area contributed by atoms with Crippen LogP contribution in [-0.2, 0) is 22.7 Å². The number of carboxylic acid groups (broad SMARTS) is 1. The predicted molar refractivity (Wildman–Crippen MR) is 113 cm³/mol. The number of rotatable bonds is 8. The van der Waals surface area contributed by atoms with E-state index in [1.807, 2.05) is 30.3 Å². The Bertz CT molecular complexity index is 1170. The molecule has 3 aromatic rings. The number of hydrogen-bond donors (Lipinski definition) is 2. The topological polar surface area (TPSA) is 102 Å². The molecular weight excluding hydrogens is 384 g/mol. The second kappa shape index (κ2) is 8.38. The summed E-state index contributed by atoms with van der Waals surface area (Å²) in [5, 5.41) is 19.7. The number of aliphatic hydroxyl groups excluding tert-OH is 1. The predicted octanol–water partition coefficient (Wildman–Crippen LogP) is 2.90. The Kier molecular flexibility index (Phi) is 5.65. The Morgan fingerprint density at radius 3 is 2.83 bits per heavy atom. The summed E-state index contributed by atoms with van der Waals surface area (Å²) in [4.78, 5) is 29.6. The Labute approximate surface area is 173 Å². The zero-order chi connectivity index (χ0) is 21.3. The lowest BCUT2D eigenvalue weighted by atomic mass is 9.88. The summed E-state index contributed by atoms with van der Waals surface area (Å²) >= 11 is 0. The molecule has 0 aliphatic carbocycles. The van der Waals surface area contributed by atoms with Gasteiger partial charge in [-0.15, -0.1) is 0 Å². The number of ether oxygens (including phenoxy) is 1. The molecule has 0 fully saturated rings. The second-order valence-electron chi connectivity index (χ2n) is 7.64. The fourth-order valence-electron chi connectivity index (χ4n) is 4.30. The molecule has 0 amide bonds. The number of aliphatic carboxylic acids is 1. The molecule has 1 aliphatic rings. The zero-order valence-corrected chi connectivity index (χ0v) is 16.8. The third-order valence-electron chi connectivity index (χ3n) is 5.67. The van der Waals surface area contributed by atoms with Gasteiger partial charge in [-0.2, -0.15) is 0 Å². The van der Waals surface area contributed by atoms with Gasteiger partial charge in [0.25, 0.3) is 5.56 Å². The van der Waals surface area contributed by atoms with E-state index in [-0.39, 0.29) is 31.1 Å². The molecule has 1 aliphatic heterocycles. The van der Waals surface area contributed by atoms with Crippen molar-refractivity contribution in [3.63, 3.8) is 0 Å². The zero-order valence-electron chi connectivity index (χ0n) is 16.8. The molecule has 0 radical (unpaired) electrons. The minimum absolute atomic E-state index is 0.0317. The average Bonchev–Trinajstić information content (AvgIpc) is 3.09. The van der Waals surface area contributed by atoms with E-state index >= 15 is 0 Å². The number of nitrogens with zero attached hydrogens (tertiary/aromatic N) is 2. The quantitative estimate of drug-likeness (QED) is 0.465. The van der Waals surface area contributed by atoms with Crippen molar-refractivity contribution in [2.45, 2.75) is 38.3 Å². The summed E-state index contributed by atoms with van der Waals surface area (Å²) < 4.78 is 6.98. The van der Waals surface area contributed by atoms with Crippen LogP contribution in [0, 0.1) is 0 Å². The van der Waals surface area contributed by atoms with Gasteiger partial charge in [0, 0.05) is 30.2 Å². The van der Waals surface area contributed by atoms with Crippen LogP contribution in [-0.4, -0.2) is 39.5 Å². The van der Waals surface area contributed by atoms with Crippen LogP contribution in [0.3, 0.4) is 0 Å². The van der Waals surface area contributed by atoms with Crippen molar-refractivity contribution in [1.29, 1.82) is 0 Å². The molecule has 7 nitrogen and oxygen atoms in total. The molecule has 1 atom stereocenters. The summed E-state index contributed by atoms with van der Waals surface area (Å²) in [6, 6.07) is 11.8. The van der Waals surface area contributed by atoms with Crippen molar-refractivity contribution in [3.8, 4) is 11.4 Å².